The summed E-state index contributed by atoms with van der Waals surface area (Å²) in [6, 6.07) is 4.35. The number of nitrogens with one attached hydrogen (secondary N) is 2. The molecule has 36 heavy (non-hydrogen) atoms. The predicted molar refractivity (Wildman–Crippen MR) is 149 cm³/mol. The van der Waals surface area contributed by atoms with Gasteiger partial charge in [-0.15, -0.1) is 0 Å². The van der Waals surface area contributed by atoms with Crippen LogP contribution >= 0.6 is 0 Å². The van der Waals surface area contributed by atoms with Crippen molar-refractivity contribution in [1.82, 2.24) is 10.6 Å². The molecule has 1 aromatic rings. The van der Waals surface area contributed by atoms with Crippen molar-refractivity contribution in [1.29, 1.82) is 0 Å². The quantitative estimate of drug-likeness (QED) is 0.192. The van der Waals surface area contributed by atoms with Gasteiger partial charge in [0.1, 0.15) is 11.5 Å². The molecule has 0 fully saturated rings. The predicted octanol–water partition coefficient (Wildman–Crippen LogP) is 5.98. The van der Waals surface area contributed by atoms with E-state index in [4.69, 9.17) is 9.47 Å². The van der Waals surface area contributed by atoms with E-state index in [2.05, 4.69) is 77.5 Å². The molecule has 6 nitrogen and oxygen atoms in total. The molecule has 0 unspecified atom stereocenters. The molecule has 0 radical (unpaired) electrons. The first-order valence-corrected chi connectivity index (χ1v) is 13.3. The van der Waals surface area contributed by atoms with Crippen LogP contribution in [0.15, 0.2) is 37.4 Å². The van der Waals surface area contributed by atoms with Gasteiger partial charge in [0.2, 0.25) is 11.8 Å². The maximum atomic E-state index is 11.3. The first-order chi connectivity index (χ1) is 17.0. The fourth-order valence-electron chi connectivity index (χ4n) is 3.62. The van der Waals surface area contributed by atoms with Crippen LogP contribution in [0.4, 0.5) is 0 Å². The van der Waals surface area contributed by atoms with Crippen LogP contribution in [0.2, 0.25) is 0 Å². The average molecular weight is 501 g/mol. The lowest BCUT2D eigenvalue weighted by molar-refractivity contribution is -0.117. The second-order valence-electron chi connectivity index (χ2n) is 10.4. The standard InChI is InChI=1S/C30H48N2O4/c1-9-27(33)31-17-13-15-19-35-25-21-24(30(7,8)12-4)26(22-23(25)29(5,6)11-3)36-20-16-14-18-32-28(34)10-2/h9-10,21-22H,1-2,11-20H2,3-8H3,(H,31,33)(H,32,34). The van der Waals surface area contributed by atoms with Gasteiger partial charge < -0.3 is 20.1 Å². The first-order valence-electron chi connectivity index (χ1n) is 13.3. The van der Waals surface area contributed by atoms with E-state index in [0.29, 0.717) is 26.3 Å². The molecule has 0 aromatic heterocycles. The van der Waals surface area contributed by atoms with Crippen molar-refractivity contribution in [2.75, 3.05) is 26.3 Å². The van der Waals surface area contributed by atoms with Crippen molar-refractivity contribution in [3.05, 3.63) is 48.6 Å². The van der Waals surface area contributed by atoms with Gasteiger partial charge in [0, 0.05) is 24.2 Å². The molecule has 0 heterocycles. The fourth-order valence-corrected chi connectivity index (χ4v) is 3.62. The molecule has 6 heteroatoms. The molecule has 0 saturated heterocycles. The Labute approximate surface area is 218 Å². The Morgan fingerprint density at radius 2 is 1.11 bits per heavy atom. The Bertz CT molecular complexity index is 802. The lowest BCUT2D eigenvalue weighted by Crippen LogP contribution is -2.23. The van der Waals surface area contributed by atoms with Crippen LogP contribution in [0.25, 0.3) is 0 Å². The maximum absolute atomic E-state index is 11.3. The van der Waals surface area contributed by atoms with E-state index >= 15 is 0 Å². The van der Waals surface area contributed by atoms with Crippen molar-refractivity contribution in [3.63, 3.8) is 0 Å². The third kappa shape index (κ3) is 10.1. The number of carbonyl (C=O) groups excluding carboxylic acids is 2. The Morgan fingerprint density at radius 1 is 0.750 bits per heavy atom. The molecular formula is C30H48N2O4. The number of carbonyl (C=O) groups is 2. The van der Waals surface area contributed by atoms with Gasteiger partial charge in [-0.2, -0.15) is 0 Å². The molecule has 0 saturated carbocycles. The highest BCUT2D eigenvalue weighted by atomic mass is 16.5. The molecule has 0 spiro atoms. The number of unbranched alkanes of at least 4 members (excludes halogenated alkanes) is 2. The van der Waals surface area contributed by atoms with Crippen molar-refractivity contribution >= 4 is 11.8 Å². The van der Waals surface area contributed by atoms with Crippen LogP contribution in [-0.2, 0) is 20.4 Å². The molecule has 1 rings (SSSR count). The number of hydrogen-bond acceptors (Lipinski definition) is 4. The van der Waals surface area contributed by atoms with Gasteiger partial charge in [-0.3, -0.25) is 9.59 Å². The number of ether oxygens (including phenoxy) is 2. The van der Waals surface area contributed by atoms with Gasteiger partial charge in [0.15, 0.2) is 0 Å². The van der Waals surface area contributed by atoms with Crippen LogP contribution in [0, 0.1) is 0 Å². The minimum Gasteiger partial charge on any atom is -0.493 e. The molecule has 0 atom stereocenters. The van der Waals surface area contributed by atoms with Crippen LogP contribution in [0.3, 0.4) is 0 Å². The van der Waals surface area contributed by atoms with Gasteiger partial charge in [-0.1, -0.05) is 54.7 Å². The smallest absolute Gasteiger partial charge is 0.243 e. The SMILES string of the molecule is C=CC(=O)NCCCCOc1cc(C(C)(C)CC)c(OCCCCNC(=O)C=C)cc1C(C)(C)CC. The van der Waals surface area contributed by atoms with E-state index in [-0.39, 0.29) is 22.6 Å². The first kappa shape index (κ1) is 31.3. The Kier molecular flexibility index (Phi) is 13.4. The zero-order valence-electron chi connectivity index (χ0n) is 23.4. The normalized spacial score (nSPS) is 11.5. The molecule has 0 aliphatic carbocycles. The van der Waals surface area contributed by atoms with E-state index in [1.165, 1.54) is 12.2 Å². The highest BCUT2D eigenvalue weighted by Gasteiger charge is 2.29. The summed E-state index contributed by atoms with van der Waals surface area (Å²) in [5.74, 6) is 1.53. The van der Waals surface area contributed by atoms with Crippen molar-refractivity contribution in [3.8, 4) is 11.5 Å². The summed E-state index contributed by atoms with van der Waals surface area (Å²) in [6.45, 7) is 22.6. The summed E-state index contributed by atoms with van der Waals surface area (Å²) in [7, 11) is 0. The number of hydrogen-bond donors (Lipinski definition) is 2. The highest BCUT2D eigenvalue weighted by molar-refractivity contribution is 5.87. The lowest BCUT2D eigenvalue weighted by atomic mass is 9.77. The van der Waals surface area contributed by atoms with Crippen LogP contribution in [-0.4, -0.2) is 38.1 Å². The Balaban J connectivity index is 3.04. The summed E-state index contributed by atoms with van der Waals surface area (Å²) >= 11 is 0. The Hall–Kier alpha value is -2.76. The highest BCUT2D eigenvalue weighted by Crippen LogP contribution is 2.43. The van der Waals surface area contributed by atoms with Gasteiger partial charge >= 0.3 is 0 Å². The van der Waals surface area contributed by atoms with E-state index in [1.54, 1.807) is 0 Å². The maximum Gasteiger partial charge on any atom is 0.243 e. The number of amides is 2. The minimum absolute atomic E-state index is 0.0742. The zero-order chi connectivity index (χ0) is 27.2. The molecule has 202 valence electrons. The van der Waals surface area contributed by atoms with Crippen LogP contribution in [0.1, 0.15) is 91.2 Å². The summed E-state index contributed by atoms with van der Waals surface area (Å²) in [4.78, 5) is 22.6. The van der Waals surface area contributed by atoms with E-state index in [0.717, 1.165) is 61.2 Å². The molecule has 0 aliphatic heterocycles. The topological polar surface area (TPSA) is 76.7 Å². The van der Waals surface area contributed by atoms with E-state index in [9.17, 15) is 9.59 Å². The third-order valence-electron chi connectivity index (χ3n) is 6.93. The van der Waals surface area contributed by atoms with Gasteiger partial charge in [0.25, 0.3) is 0 Å². The Morgan fingerprint density at radius 3 is 1.42 bits per heavy atom. The van der Waals surface area contributed by atoms with E-state index < -0.39 is 0 Å². The van der Waals surface area contributed by atoms with Gasteiger partial charge in [-0.05, 0) is 73.6 Å². The summed E-state index contributed by atoms with van der Waals surface area (Å²) in [5.41, 5.74) is 2.15. The molecule has 0 aliphatic rings. The van der Waals surface area contributed by atoms with Crippen LogP contribution < -0.4 is 20.1 Å². The van der Waals surface area contributed by atoms with Crippen LogP contribution in [0.5, 0.6) is 11.5 Å². The minimum atomic E-state index is -0.147. The van der Waals surface area contributed by atoms with Crippen molar-refractivity contribution < 1.29 is 19.1 Å². The molecular weight excluding hydrogens is 452 g/mol. The third-order valence-corrected chi connectivity index (χ3v) is 6.93. The number of rotatable bonds is 18. The molecule has 2 amide bonds. The summed E-state index contributed by atoms with van der Waals surface area (Å²) < 4.78 is 12.7. The molecule has 1 aromatic carbocycles. The van der Waals surface area contributed by atoms with Crippen molar-refractivity contribution in [2.24, 2.45) is 0 Å². The summed E-state index contributed by atoms with van der Waals surface area (Å²) in [6.07, 6.45) is 7.88. The second kappa shape index (κ2) is 15.4. The summed E-state index contributed by atoms with van der Waals surface area (Å²) in [5, 5.41) is 5.61. The second-order valence-corrected chi connectivity index (χ2v) is 10.4. The molecule has 2 N–H and O–H groups in total. The number of benzene rings is 1. The average Bonchev–Trinajstić information content (AvgIpc) is 2.87. The monoisotopic (exact) mass is 500 g/mol. The van der Waals surface area contributed by atoms with Gasteiger partial charge in [-0.25, -0.2) is 0 Å². The fraction of sp³-hybridized carbons (Fsp3) is 0.600. The van der Waals surface area contributed by atoms with Gasteiger partial charge in [0.05, 0.1) is 13.2 Å². The van der Waals surface area contributed by atoms with Crippen molar-refractivity contribution in [2.45, 2.75) is 90.9 Å². The largest absolute Gasteiger partial charge is 0.493 e. The lowest BCUT2D eigenvalue weighted by Gasteiger charge is -2.32. The van der Waals surface area contributed by atoms with E-state index in [1.807, 2.05) is 0 Å². The zero-order valence-corrected chi connectivity index (χ0v) is 23.4. The molecule has 0 bridgehead atoms.